The van der Waals surface area contributed by atoms with Crippen LogP contribution in [0.4, 0.5) is 0 Å². The second-order valence-corrected chi connectivity index (χ2v) is 7.13. The summed E-state index contributed by atoms with van der Waals surface area (Å²) in [4.78, 5) is 12.9. The second-order valence-electron chi connectivity index (χ2n) is 7.13. The monoisotopic (exact) mass is 391 g/mol. The third kappa shape index (κ3) is 4.14. The molecule has 0 unspecified atom stereocenters. The van der Waals surface area contributed by atoms with E-state index in [1.165, 1.54) is 0 Å². The van der Waals surface area contributed by atoms with Crippen molar-refractivity contribution in [1.29, 1.82) is 0 Å². The molecule has 0 spiro atoms. The normalized spacial score (nSPS) is 14.8. The van der Waals surface area contributed by atoms with Gasteiger partial charge in [-0.25, -0.2) is 0 Å². The summed E-state index contributed by atoms with van der Waals surface area (Å²) in [7, 11) is 0. The molecule has 1 aliphatic heterocycles. The van der Waals surface area contributed by atoms with E-state index < -0.39 is 6.10 Å². The van der Waals surface area contributed by atoms with Crippen molar-refractivity contribution in [3.05, 3.63) is 66.2 Å². The third-order valence-electron chi connectivity index (χ3n) is 5.11. The Hall–Kier alpha value is -3.21. The van der Waals surface area contributed by atoms with Gasteiger partial charge in [-0.1, -0.05) is 49.4 Å². The molecule has 5 heteroatoms. The molecule has 0 saturated carbocycles. The average Bonchev–Trinajstić information content (AvgIpc) is 2.77. The van der Waals surface area contributed by atoms with Gasteiger partial charge < -0.3 is 19.5 Å². The minimum absolute atomic E-state index is 0.136. The zero-order valence-corrected chi connectivity index (χ0v) is 16.7. The number of ether oxygens (including phenoxy) is 3. The lowest BCUT2D eigenvalue weighted by atomic mass is 10.1. The molecule has 1 amide bonds. The molecule has 0 fully saturated rings. The number of carbonyl (C=O) groups is 1. The van der Waals surface area contributed by atoms with Crippen LogP contribution in [0.1, 0.15) is 31.9 Å². The lowest BCUT2D eigenvalue weighted by molar-refractivity contribution is -0.128. The topological polar surface area (TPSA) is 56.8 Å². The molecular formula is C24H25NO4. The Morgan fingerprint density at radius 1 is 1.03 bits per heavy atom. The number of rotatable bonds is 6. The Morgan fingerprint density at radius 2 is 1.79 bits per heavy atom. The molecule has 0 aliphatic carbocycles. The molecular weight excluding hydrogens is 366 g/mol. The molecule has 3 aromatic carbocycles. The lowest BCUT2D eigenvalue weighted by Crippen LogP contribution is -2.39. The minimum Gasteiger partial charge on any atom is -0.486 e. The largest absolute Gasteiger partial charge is 0.486 e. The highest BCUT2D eigenvalue weighted by molar-refractivity contribution is 5.89. The SMILES string of the molecule is CC[C@H](Oc1cccc2ccccc12)C(=O)N[C@@H](C)c1ccc2c(c1)OCCO2. The molecule has 29 heavy (non-hydrogen) atoms. The predicted octanol–water partition coefficient (Wildman–Crippen LogP) is 4.65. The minimum atomic E-state index is -0.569. The zero-order chi connectivity index (χ0) is 20.2. The first-order valence-corrected chi connectivity index (χ1v) is 10.00. The van der Waals surface area contributed by atoms with Crippen molar-refractivity contribution in [3.8, 4) is 17.2 Å². The second kappa shape index (κ2) is 8.43. The maximum Gasteiger partial charge on any atom is 0.261 e. The quantitative estimate of drug-likeness (QED) is 0.665. The molecule has 4 rings (SSSR count). The van der Waals surface area contributed by atoms with Crippen molar-refractivity contribution in [2.75, 3.05) is 13.2 Å². The highest BCUT2D eigenvalue weighted by Crippen LogP contribution is 2.32. The van der Waals surface area contributed by atoms with Crippen LogP contribution in [0.3, 0.4) is 0 Å². The van der Waals surface area contributed by atoms with Crippen molar-refractivity contribution < 1.29 is 19.0 Å². The van der Waals surface area contributed by atoms with Gasteiger partial charge in [-0.15, -0.1) is 0 Å². The van der Waals surface area contributed by atoms with Crippen LogP contribution in [0, 0.1) is 0 Å². The van der Waals surface area contributed by atoms with E-state index in [4.69, 9.17) is 14.2 Å². The Bertz CT molecular complexity index is 1010. The first kappa shape index (κ1) is 19.1. The third-order valence-corrected chi connectivity index (χ3v) is 5.11. The van der Waals surface area contributed by atoms with Gasteiger partial charge in [-0.2, -0.15) is 0 Å². The Balaban J connectivity index is 1.47. The molecule has 0 radical (unpaired) electrons. The van der Waals surface area contributed by atoms with E-state index in [1.54, 1.807) is 0 Å². The molecule has 150 valence electrons. The summed E-state index contributed by atoms with van der Waals surface area (Å²) in [5.41, 5.74) is 0.961. The van der Waals surface area contributed by atoms with Crippen molar-refractivity contribution in [2.45, 2.75) is 32.4 Å². The van der Waals surface area contributed by atoms with Gasteiger partial charge in [0.1, 0.15) is 19.0 Å². The zero-order valence-electron chi connectivity index (χ0n) is 16.7. The maximum atomic E-state index is 12.9. The first-order valence-electron chi connectivity index (χ1n) is 10.00. The van der Waals surface area contributed by atoms with Gasteiger partial charge >= 0.3 is 0 Å². The number of fused-ring (bicyclic) bond motifs is 2. The summed E-state index contributed by atoms with van der Waals surface area (Å²) in [6, 6.07) is 19.5. The first-order chi connectivity index (χ1) is 14.2. The number of carbonyl (C=O) groups excluding carboxylic acids is 1. The van der Waals surface area contributed by atoms with Crippen molar-refractivity contribution in [2.24, 2.45) is 0 Å². The molecule has 0 bridgehead atoms. The molecule has 2 atom stereocenters. The Labute approximate surface area is 170 Å². The van der Waals surface area contributed by atoms with E-state index in [2.05, 4.69) is 5.32 Å². The Morgan fingerprint density at radius 3 is 2.62 bits per heavy atom. The lowest BCUT2D eigenvalue weighted by Gasteiger charge is -2.23. The van der Waals surface area contributed by atoms with Gasteiger partial charge in [0.05, 0.1) is 6.04 Å². The summed E-state index contributed by atoms with van der Waals surface area (Å²) in [5.74, 6) is 2.04. The van der Waals surface area contributed by atoms with Crippen LogP contribution in [0.5, 0.6) is 17.2 Å². The number of nitrogens with one attached hydrogen (secondary N) is 1. The fourth-order valence-electron chi connectivity index (χ4n) is 3.49. The van der Waals surface area contributed by atoms with Gasteiger partial charge in [-0.3, -0.25) is 4.79 Å². The fourth-order valence-corrected chi connectivity index (χ4v) is 3.49. The van der Waals surface area contributed by atoms with Gasteiger partial charge in [-0.05, 0) is 42.5 Å². The predicted molar refractivity (Wildman–Crippen MR) is 113 cm³/mol. The van der Waals surface area contributed by atoms with Crippen LogP contribution in [-0.4, -0.2) is 25.2 Å². The maximum absolute atomic E-state index is 12.9. The van der Waals surface area contributed by atoms with E-state index in [1.807, 2.05) is 74.5 Å². The highest BCUT2D eigenvalue weighted by atomic mass is 16.6. The summed E-state index contributed by atoms with van der Waals surface area (Å²) < 4.78 is 17.3. The molecule has 1 aliphatic rings. The molecule has 0 aromatic heterocycles. The summed E-state index contributed by atoms with van der Waals surface area (Å²) in [5, 5.41) is 5.15. The van der Waals surface area contributed by atoms with Crippen LogP contribution >= 0.6 is 0 Å². The van der Waals surface area contributed by atoms with E-state index in [-0.39, 0.29) is 11.9 Å². The molecule has 0 saturated heterocycles. The van der Waals surface area contributed by atoms with Gasteiger partial charge in [0, 0.05) is 5.39 Å². The van der Waals surface area contributed by atoms with Crippen molar-refractivity contribution in [3.63, 3.8) is 0 Å². The van der Waals surface area contributed by atoms with Gasteiger partial charge in [0.15, 0.2) is 17.6 Å². The van der Waals surface area contributed by atoms with Crippen LogP contribution in [-0.2, 0) is 4.79 Å². The van der Waals surface area contributed by atoms with E-state index in [0.717, 1.165) is 27.8 Å². The highest BCUT2D eigenvalue weighted by Gasteiger charge is 2.22. The van der Waals surface area contributed by atoms with E-state index >= 15 is 0 Å². The molecule has 1 heterocycles. The van der Waals surface area contributed by atoms with Crippen LogP contribution in [0.25, 0.3) is 10.8 Å². The van der Waals surface area contributed by atoms with Crippen LogP contribution in [0.2, 0.25) is 0 Å². The summed E-state index contributed by atoms with van der Waals surface area (Å²) in [6.45, 7) is 4.99. The molecule has 1 N–H and O–H groups in total. The van der Waals surface area contributed by atoms with Crippen molar-refractivity contribution >= 4 is 16.7 Å². The van der Waals surface area contributed by atoms with Gasteiger partial charge in [0.25, 0.3) is 5.91 Å². The van der Waals surface area contributed by atoms with Gasteiger partial charge in [0.2, 0.25) is 0 Å². The van der Waals surface area contributed by atoms with E-state index in [0.29, 0.717) is 25.4 Å². The van der Waals surface area contributed by atoms with Crippen LogP contribution in [0.15, 0.2) is 60.7 Å². The molecule has 3 aromatic rings. The summed E-state index contributed by atoms with van der Waals surface area (Å²) in [6.07, 6.45) is 0.00332. The smallest absolute Gasteiger partial charge is 0.261 e. The van der Waals surface area contributed by atoms with Crippen molar-refractivity contribution in [1.82, 2.24) is 5.32 Å². The Kier molecular flexibility index (Phi) is 5.56. The van der Waals surface area contributed by atoms with E-state index in [9.17, 15) is 4.79 Å². The number of hydrogen-bond donors (Lipinski definition) is 1. The summed E-state index contributed by atoms with van der Waals surface area (Å²) >= 11 is 0. The standard InChI is InChI=1S/C24H25NO4/c1-3-20(29-21-10-6-8-17-7-4-5-9-19(17)21)24(26)25-16(2)18-11-12-22-23(15-18)28-14-13-27-22/h4-12,15-16,20H,3,13-14H2,1-2H3,(H,25,26)/t16-,20-/m0/s1. The average molecular weight is 391 g/mol. The van der Waals surface area contributed by atoms with Crippen LogP contribution < -0.4 is 19.5 Å². The fraction of sp³-hybridized carbons (Fsp3) is 0.292. The number of benzene rings is 3. The number of amides is 1. The number of hydrogen-bond acceptors (Lipinski definition) is 4. The molecule has 5 nitrogen and oxygen atoms in total.